The molecule has 2 aromatic rings. The average Bonchev–Trinajstić information content (AvgIpc) is 3.12. The highest BCUT2D eigenvalue weighted by molar-refractivity contribution is 7.99. The van der Waals surface area contributed by atoms with Crippen LogP contribution in [0.2, 0.25) is 0 Å². The molecule has 0 saturated heterocycles. The molecule has 1 aliphatic rings. The molecule has 3 rings (SSSR count). The molecule has 1 aromatic carbocycles. The van der Waals surface area contributed by atoms with Gasteiger partial charge < -0.3 is 10.3 Å². The quantitative estimate of drug-likeness (QED) is 0.838. The minimum absolute atomic E-state index is 0.280. The summed E-state index contributed by atoms with van der Waals surface area (Å²) in [5.41, 5.74) is 6.41. The largest absolute Gasteiger partial charge is 0.338 e. The molecule has 1 heterocycles. The van der Waals surface area contributed by atoms with E-state index in [0.29, 0.717) is 11.7 Å². The second-order valence-electron chi connectivity index (χ2n) is 4.49. The van der Waals surface area contributed by atoms with Crippen molar-refractivity contribution in [2.24, 2.45) is 11.7 Å². The van der Waals surface area contributed by atoms with Crippen molar-refractivity contribution in [1.82, 2.24) is 10.1 Å². The summed E-state index contributed by atoms with van der Waals surface area (Å²) in [6, 6.07) is 8.28. The third kappa shape index (κ3) is 2.73. The van der Waals surface area contributed by atoms with Crippen molar-refractivity contribution in [3.05, 3.63) is 30.2 Å². The van der Waals surface area contributed by atoms with Gasteiger partial charge in [0.25, 0.3) is 0 Å². The van der Waals surface area contributed by atoms with Gasteiger partial charge in [-0.15, -0.1) is 11.8 Å². The Morgan fingerprint density at radius 2 is 2.06 bits per heavy atom. The monoisotopic (exact) mass is 261 g/mol. The van der Waals surface area contributed by atoms with Crippen molar-refractivity contribution in [1.29, 1.82) is 0 Å². The summed E-state index contributed by atoms with van der Waals surface area (Å²) in [5.74, 6) is 3.25. The lowest BCUT2D eigenvalue weighted by atomic mass is 10.2. The highest BCUT2D eigenvalue weighted by atomic mass is 32.2. The molecule has 0 radical (unpaired) electrons. The van der Waals surface area contributed by atoms with Crippen LogP contribution < -0.4 is 5.73 Å². The Balaban J connectivity index is 1.69. The fourth-order valence-corrected chi connectivity index (χ4v) is 2.74. The molecule has 2 N–H and O–H groups in total. The SMILES string of the molecule is NCc1nc(-c2ccc(SCC3CC3)cc2)no1. The van der Waals surface area contributed by atoms with Gasteiger partial charge in [-0.1, -0.05) is 5.16 Å². The van der Waals surface area contributed by atoms with E-state index < -0.39 is 0 Å². The minimum Gasteiger partial charge on any atom is -0.338 e. The van der Waals surface area contributed by atoms with Crippen LogP contribution in [0.25, 0.3) is 11.4 Å². The number of aromatic nitrogens is 2. The van der Waals surface area contributed by atoms with E-state index in [9.17, 15) is 0 Å². The number of thioether (sulfide) groups is 1. The topological polar surface area (TPSA) is 64.9 Å². The van der Waals surface area contributed by atoms with Crippen molar-refractivity contribution >= 4 is 11.8 Å². The van der Waals surface area contributed by atoms with E-state index in [1.54, 1.807) is 0 Å². The maximum absolute atomic E-state index is 5.44. The number of hydrogen-bond acceptors (Lipinski definition) is 5. The van der Waals surface area contributed by atoms with Gasteiger partial charge in [0.2, 0.25) is 11.7 Å². The Hall–Kier alpha value is -1.33. The van der Waals surface area contributed by atoms with E-state index in [0.717, 1.165) is 11.5 Å². The first-order valence-corrected chi connectivity index (χ1v) is 7.09. The molecule has 0 atom stereocenters. The molecule has 0 amide bonds. The maximum Gasteiger partial charge on any atom is 0.240 e. The number of benzene rings is 1. The van der Waals surface area contributed by atoms with Gasteiger partial charge in [-0.3, -0.25) is 0 Å². The van der Waals surface area contributed by atoms with Gasteiger partial charge in [-0.05, 0) is 43.0 Å². The van der Waals surface area contributed by atoms with Crippen molar-refractivity contribution in [2.45, 2.75) is 24.3 Å². The van der Waals surface area contributed by atoms with Crippen LogP contribution in [0.3, 0.4) is 0 Å². The fourth-order valence-electron chi connectivity index (χ4n) is 1.65. The second kappa shape index (κ2) is 5.12. The van der Waals surface area contributed by atoms with Crippen LogP contribution in [0.4, 0.5) is 0 Å². The first-order chi connectivity index (χ1) is 8.85. The number of hydrogen-bond donors (Lipinski definition) is 1. The molecule has 5 heteroatoms. The van der Waals surface area contributed by atoms with Crippen LogP contribution in [0.1, 0.15) is 18.7 Å². The van der Waals surface area contributed by atoms with Crippen LogP contribution in [-0.4, -0.2) is 15.9 Å². The lowest BCUT2D eigenvalue weighted by Crippen LogP contribution is -1.95. The van der Waals surface area contributed by atoms with Crippen molar-refractivity contribution in [2.75, 3.05) is 5.75 Å². The van der Waals surface area contributed by atoms with Crippen LogP contribution in [0, 0.1) is 5.92 Å². The van der Waals surface area contributed by atoms with Crippen molar-refractivity contribution in [3.8, 4) is 11.4 Å². The van der Waals surface area contributed by atoms with E-state index in [1.165, 1.54) is 23.5 Å². The third-order valence-electron chi connectivity index (χ3n) is 2.94. The number of nitrogens with zero attached hydrogens (tertiary/aromatic N) is 2. The van der Waals surface area contributed by atoms with Crippen LogP contribution in [-0.2, 0) is 6.54 Å². The second-order valence-corrected chi connectivity index (χ2v) is 5.59. The van der Waals surface area contributed by atoms with E-state index in [4.69, 9.17) is 10.3 Å². The smallest absolute Gasteiger partial charge is 0.240 e. The van der Waals surface area contributed by atoms with E-state index >= 15 is 0 Å². The summed E-state index contributed by atoms with van der Waals surface area (Å²) in [5, 5.41) is 3.90. The van der Waals surface area contributed by atoms with Gasteiger partial charge in [0.05, 0.1) is 6.54 Å². The summed E-state index contributed by atoms with van der Waals surface area (Å²) >= 11 is 1.92. The predicted octanol–water partition coefficient (Wildman–Crippen LogP) is 2.70. The highest BCUT2D eigenvalue weighted by Gasteiger charge is 2.20. The molecule has 0 spiro atoms. The van der Waals surface area contributed by atoms with E-state index in [1.807, 2.05) is 23.9 Å². The highest BCUT2D eigenvalue weighted by Crippen LogP contribution is 2.35. The number of rotatable bonds is 5. The van der Waals surface area contributed by atoms with Crippen molar-refractivity contribution in [3.63, 3.8) is 0 Å². The lowest BCUT2D eigenvalue weighted by molar-refractivity contribution is 0.380. The zero-order valence-electron chi connectivity index (χ0n) is 10.0. The lowest BCUT2D eigenvalue weighted by Gasteiger charge is -2.00. The molecular formula is C13H15N3OS. The summed E-state index contributed by atoms with van der Waals surface area (Å²) in [6.45, 7) is 0.280. The zero-order valence-corrected chi connectivity index (χ0v) is 10.8. The average molecular weight is 261 g/mol. The Kier molecular flexibility index (Phi) is 3.34. The van der Waals surface area contributed by atoms with E-state index in [-0.39, 0.29) is 6.54 Å². The molecule has 1 aromatic heterocycles. The molecule has 0 bridgehead atoms. The number of nitrogens with two attached hydrogens (primary N) is 1. The van der Waals surface area contributed by atoms with Gasteiger partial charge in [-0.2, -0.15) is 4.98 Å². The normalized spacial score (nSPS) is 14.9. The van der Waals surface area contributed by atoms with Crippen LogP contribution in [0.15, 0.2) is 33.7 Å². The first-order valence-electron chi connectivity index (χ1n) is 6.11. The summed E-state index contributed by atoms with van der Waals surface area (Å²) in [4.78, 5) is 5.50. The molecule has 1 aliphatic carbocycles. The molecule has 18 heavy (non-hydrogen) atoms. The summed E-state index contributed by atoms with van der Waals surface area (Å²) in [6.07, 6.45) is 2.80. The summed E-state index contributed by atoms with van der Waals surface area (Å²) in [7, 11) is 0. The van der Waals surface area contributed by atoms with Gasteiger partial charge in [-0.25, -0.2) is 0 Å². The standard InChI is InChI=1S/C13H15N3OS/c14-7-12-15-13(16-17-12)10-3-5-11(6-4-10)18-8-9-1-2-9/h3-6,9H,1-2,7-8,14H2. The Bertz CT molecular complexity index is 519. The van der Waals surface area contributed by atoms with E-state index in [2.05, 4.69) is 22.3 Å². The molecule has 1 fully saturated rings. The Labute approximate surface area is 110 Å². The third-order valence-corrected chi connectivity index (χ3v) is 4.18. The van der Waals surface area contributed by atoms with Crippen molar-refractivity contribution < 1.29 is 4.52 Å². The van der Waals surface area contributed by atoms with Gasteiger partial charge in [0.1, 0.15) is 0 Å². The summed E-state index contributed by atoms with van der Waals surface area (Å²) < 4.78 is 4.99. The zero-order chi connectivity index (χ0) is 12.4. The molecule has 0 unspecified atom stereocenters. The fraction of sp³-hybridized carbons (Fsp3) is 0.385. The van der Waals surface area contributed by atoms with Gasteiger partial charge >= 0.3 is 0 Å². The molecular weight excluding hydrogens is 246 g/mol. The molecule has 4 nitrogen and oxygen atoms in total. The first kappa shape index (κ1) is 11.7. The molecule has 94 valence electrons. The Morgan fingerprint density at radius 1 is 1.28 bits per heavy atom. The minimum atomic E-state index is 0.280. The van der Waals surface area contributed by atoms with Crippen LogP contribution >= 0.6 is 11.8 Å². The van der Waals surface area contributed by atoms with Gasteiger partial charge in [0, 0.05) is 16.2 Å². The van der Waals surface area contributed by atoms with Gasteiger partial charge in [0.15, 0.2) is 0 Å². The molecule has 1 saturated carbocycles. The molecule has 0 aliphatic heterocycles. The Morgan fingerprint density at radius 3 is 2.67 bits per heavy atom. The predicted molar refractivity (Wildman–Crippen MR) is 71.1 cm³/mol. The van der Waals surface area contributed by atoms with Crippen LogP contribution in [0.5, 0.6) is 0 Å². The maximum atomic E-state index is 5.44.